The van der Waals surface area contributed by atoms with E-state index in [0.29, 0.717) is 12.2 Å². The van der Waals surface area contributed by atoms with Crippen LogP contribution in [0.1, 0.15) is 23.1 Å². The van der Waals surface area contributed by atoms with Crippen LogP contribution >= 0.6 is 0 Å². The molecule has 0 aromatic carbocycles. The van der Waals surface area contributed by atoms with Gasteiger partial charge < -0.3 is 5.32 Å². The van der Waals surface area contributed by atoms with Gasteiger partial charge in [0.15, 0.2) is 0 Å². The normalized spacial score (nSPS) is 9.92. The van der Waals surface area contributed by atoms with E-state index in [1.807, 2.05) is 20.9 Å². The monoisotopic (exact) mass is 167 g/mol. The molecule has 66 valence electrons. The molecular formula is C8H13N3O. The van der Waals surface area contributed by atoms with Crippen molar-refractivity contribution >= 4 is 5.91 Å². The molecule has 4 heteroatoms. The number of hydrogen-bond acceptors (Lipinski definition) is 2. The van der Waals surface area contributed by atoms with Crippen LogP contribution in [0.2, 0.25) is 0 Å². The summed E-state index contributed by atoms with van der Waals surface area (Å²) in [4.78, 5) is 11.2. The standard InChI is InChI=1S/C8H13N3O/c1-4-9-8(12)7-5-6(2)11(3)10-7/h5H,4H2,1-3H3,(H,9,12). The predicted octanol–water partition coefficient (Wildman–Crippen LogP) is 0.478. The Kier molecular flexibility index (Phi) is 2.47. The molecule has 0 aliphatic rings. The fourth-order valence-corrected chi connectivity index (χ4v) is 0.923. The lowest BCUT2D eigenvalue weighted by molar-refractivity contribution is 0.0950. The van der Waals surface area contributed by atoms with Gasteiger partial charge in [-0.25, -0.2) is 0 Å². The third-order valence-electron chi connectivity index (χ3n) is 1.68. The Balaban J connectivity index is 2.82. The number of amides is 1. The zero-order valence-corrected chi connectivity index (χ0v) is 7.59. The van der Waals surface area contributed by atoms with Crippen LogP contribution < -0.4 is 5.32 Å². The minimum Gasteiger partial charge on any atom is -0.351 e. The Bertz CT molecular complexity index is 271. The molecule has 1 N–H and O–H groups in total. The predicted molar refractivity (Wildman–Crippen MR) is 46.0 cm³/mol. The van der Waals surface area contributed by atoms with Gasteiger partial charge in [-0.3, -0.25) is 9.48 Å². The minimum absolute atomic E-state index is 0.110. The van der Waals surface area contributed by atoms with Crippen LogP contribution in [0.4, 0.5) is 0 Å². The van der Waals surface area contributed by atoms with E-state index in [0.717, 1.165) is 5.69 Å². The minimum atomic E-state index is -0.110. The van der Waals surface area contributed by atoms with Crippen LogP contribution in [0.5, 0.6) is 0 Å². The topological polar surface area (TPSA) is 46.9 Å². The SMILES string of the molecule is CCNC(=O)c1cc(C)n(C)n1. The van der Waals surface area contributed by atoms with Gasteiger partial charge in [0.05, 0.1) is 0 Å². The van der Waals surface area contributed by atoms with Gasteiger partial charge in [-0.1, -0.05) is 0 Å². The number of nitrogens with one attached hydrogen (secondary N) is 1. The molecule has 0 saturated heterocycles. The second-order valence-electron chi connectivity index (χ2n) is 2.65. The third-order valence-corrected chi connectivity index (χ3v) is 1.68. The fourth-order valence-electron chi connectivity index (χ4n) is 0.923. The molecule has 0 bridgehead atoms. The smallest absolute Gasteiger partial charge is 0.271 e. The molecule has 1 heterocycles. The second-order valence-corrected chi connectivity index (χ2v) is 2.65. The Morgan fingerprint density at radius 3 is 2.83 bits per heavy atom. The molecule has 12 heavy (non-hydrogen) atoms. The van der Waals surface area contributed by atoms with Gasteiger partial charge in [0, 0.05) is 19.3 Å². The van der Waals surface area contributed by atoms with E-state index in [9.17, 15) is 4.79 Å². The first-order valence-corrected chi connectivity index (χ1v) is 3.94. The summed E-state index contributed by atoms with van der Waals surface area (Å²) in [6.45, 7) is 4.43. The van der Waals surface area contributed by atoms with Crippen LogP contribution in [-0.2, 0) is 7.05 Å². The number of hydrogen-bond donors (Lipinski definition) is 1. The number of aryl methyl sites for hydroxylation is 2. The molecule has 0 unspecified atom stereocenters. The largest absolute Gasteiger partial charge is 0.351 e. The lowest BCUT2D eigenvalue weighted by atomic mass is 10.3. The summed E-state index contributed by atoms with van der Waals surface area (Å²) >= 11 is 0. The van der Waals surface area contributed by atoms with Crippen molar-refractivity contribution in [3.05, 3.63) is 17.5 Å². The number of rotatable bonds is 2. The van der Waals surface area contributed by atoms with Gasteiger partial charge in [-0.05, 0) is 19.9 Å². The lowest BCUT2D eigenvalue weighted by Crippen LogP contribution is -2.23. The maximum Gasteiger partial charge on any atom is 0.271 e. The van der Waals surface area contributed by atoms with Crippen molar-refractivity contribution in [3.63, 3.8) is 0 Å². The van der Waals surface area contributed by atoms with Gasteiger partial charge >= 0.3 is 0 Å². The molecule has 0 atom stereocenters. The summed E-state index contributed by atoms with van der Waals surface area (Å²) in [5, 5.41) is 6.72. The Morgan fingerprint density at radius 1 is 1.75 bits per heavy atom. The average Bonchev–Trinajstić information content (AvgIpc) is 2.33. The van der Waals surface area contributed by atoms with Gasteiger partial charge in [0.1, 0.15) is 5.69 Å². The Hall–Kier alpha value is -1.32. The van der Waals surface area contributed by atoms with Crippen molar-refractivity contribution in [1.82, 2.24) is 15.1 Å². The number of carbonyl (C=O) groups is 1. The maximum absolute atomic E-state index is 11.2. The third kappa shape index (κ3) is 1.64. The lowest BCUT2D eigenvalue weighted by Gasteiger charge is -1.95. The Morgan fingerprint density at radius 2 is 2.42 bits per heavy atom. The first-order valence-electron chi connectivity index (χ1n) is 3.94. The van der Waals surface area contributed by atoms with E-state index in [-0.39, 0.29) is 5.91 Å². The first kappa shape index (κ1) is 8.77. The van der Waals surface area contributed by atoms with Crippen molar-refractivity contribution in [2.75, 3.05) is 6.54 Å². The molecule has 1 rings (SSSR count). The number of aromatic nitrogens is 2. The molecular weight excluding hydrogens is 154 g/mol. The molecule has 1 aromatic rings. The average molecular weight is 167 g/mol. The van der Waals surface area contributed by atoms with Crippen molar-refractivity contribution in [2.45, 2.75) is 13.8 Å². The van der Waals surface area contributed by atoms with Crippen LogP contribution in [0.25, 0.3) is 0 Å². The molecule has 0 saturated carbocycles. The molecule has 0 radical (unpaired) electrons. The number of nitrogens with zero attached hydrogens (tertiary/aromatic N) is 2. The van der Waals surface area contributed by atoms with Gasteiger partial charge in [-0.15, -0.1) is 0 Å². The van der Waals surface area contributed by atoms with E-state index >= 15 is 0 Å². The van der Waals surface area contributed by atoms with Crippen LogP contribution in [0, 0.1) is 6.92 Å². The van der Waals surface area contributed by atoms with Crippen LogP contribution in [0.15, 0.2) is 6.07 Å². The molecule has 1 aromatic heterocycles. The molecule has 0 aliphatic heterocycles. The van der Waals surface area contributed by atoms with E-state index in [4.69, 9.17) is 0 Å². The van der Waals surface area contributed by atoms with Crippen molar-refractivity contribution in [1.29, 1.82) is 0 Å². The van der Waals surface area contributed by atoms with Gasteiger partial charge in [0.25, 0.3) is 5.91 Å². The summed E-state index contributed by atoms with van der Waals surface area (Å²) in [5.74, 6) is -0.110. The van der Waals surface area contributed by atoms with Crippen LogP contribution in [-0.4, -0.2) is 22.2 Å². The highest BCUT2D eigenvalue weighted by Crippen LogP contribution is 2.00. The summed E-state index contributed by atoms with van der Waals surface area (Å²) in [6, 6.07) is 1.77. The van der Waals surface area contributed by atoms with Gasteiger partial charge in [-0.2, -0.15) is 5.10 Å². The van der Waals surface area contributed by atoms with E-state index in [2.05, 4.69) is 10.4 Å². The second kappa shape index (κ2) is 3.38. The highest BCUT2D eigenvalue weighted by Gasteiger charge is 2.08. The maximum atomic E-state index is 11.2. The molecule has 4 nitrogen and oxygen atoms in total. The molecule has 1 amide bonds. The first-order chi connectivity index (χ1) is 5.65. The Labute approximate surface area is 71.6 Å². The van der Waals surface area contributed by atoms with Crippen molar-refractivity contribution in [2.24, 2.45) is 7.05 Å². The molecule has 0 spiro atoms. The molecule has 0 aliphatic carbocycles. The zero-order chi connectivity index (χ0) is 9.14. The summed E-state index contributed by atoms with van der Waals surface area (Å²) in [6.07, 6.45) is 0. The van der Waals surface area contributed by atoms with E-state index in [1.165, 1.54) is 0 Å². The number of carbonyl (C=O) groups excluding carboxylic acids is 1. The van der Waals surface area contributed by atoms with Crippen molar-refractivity contribution in [3.8, 4) is 0 Å². The van der Waals surface area contributed by atoms with Crippen LogP contribution in [0.3, 0.4) is 0 Å². The highest BCUT2D eigenvalue weighted by atomic mass is 16.1. The highest BCUT2D eigenvalue weighted by molar-refractivity contribution is 5.92. The van der Waals surface area contributed by atoms with Crippen molar-refractivity contribution < 1.29 is 4.79 Å². The quantitative estimate of drug-likeness (QED) is 0.696. The summed E-state index contributed by atoms with van der Waals surface area (Å²) < 4.78 is 1.69. The summed E-state index contributed by atoms with van der Waals surface area (Å²) in [7, 11) is 1.82. The van der Waals surface area contributed by atoms with E-state index in [1.54, 1.807) is 10.7 Å². The fraction of sp³-hybridized carbons (Fsp3) is 0.500. The summed E-state index contributed by atoms with van der Waals surface area (Å²) in [5.41, 5.74) is 1.47. The molecule has 0 fully saturated rings. The van der Waals surface area contributed by atoms with E-state index < -0.39 is 0 Å². The van der Waals surface area contributed by atoms with Gasteiger partial charge in [0.2, 0.25) is 0 Å². The zero-order valence-electron chi connectivity index (χ0n) is 7.59.